The van der Waals surface area contributed by atoms with E-state index in [2.05, 4.69) is 51.2 Å². The van der Waals surface area contributed by atoms with Crippen molar-refractivity contribution in [3.8, 4) is 0 Å². The largest absolute Gasteiger partial charge is 0.325 e. The van der Waals surface area contributed by atoms with Crippen LogP contribution in [0.3, 0.4) is 0 Å². The molecule has 116 valence electrons. The van der Waals surface area contributed by atoms with Crippen LogP contribution in [0.25, 0.3) is 0 Å². The van der Waals surface area contributed by atoms with E-state index in [1.807, 2.05) is 25.1 Å². The van der Waals surface area contributed by atoms with E-state index in [0.717, 1.165) is 16.8 Å². The highest BCUT2D eigenvalue weighted by atomic mass is 16.1. The number of para-hydroxylation sites is 1. The number of carbonyl (C=O) groups is 1. The first-order valence-corrected chi connectivity index (χ1v) is 7.84. The lowest BCUT2D eigenvalue weighted by Crippen LogP contribution is -2.17. The molecule has 0 bridgehead atoms. The van der Waals surface area contributed by atoms with E-state index in [0.29, 0.717) is 12.3 Å². The molecule has 22 heavy (non-hydrogen) atoms. The summed E-state index contributed by atoms with van der Waals surface area (Å²) in [7, 11) is 0. The van der Waals surface area contributed by atoms with E-state index >= 15 is 0 Å². The standard InChI is InChI=1S/C20H25NO/c1-13(2)18-8-6-7-15(4)20(18)21-19(22)12-17-10-9-14(3)16(5)11-17/h6-11,13H,12H2,1-5H3,(H,21,22). The SMILES string of the molecule is Cc1ccc(CC(=O)Nc2c(C)cccc2C(C)C)cc1C. The van der Waals surface area contributed by atoms with E-state index in [1.54, 1.807) is 0 Å². The molecular formula is C20H25NO. The van der Waals surface area contributed by atoms with Gasteiger partial charge in [-0.15, -0.1) is 0 Å². The summed E-state index contributed by atoms with van der Waals surface area (Å²) >= 11 is 0. The van der Waals surface area contributed by atoms with Gasteiger partial charge in [0.15, 0.2) is 0 Å². The molecule has 0 aliphatic carbocycles. The zero-order valence-corrected chi connectivity index (χ0v) is 14.2. The molecule has 0 saturated heterocycles. The van der Waals surface area contributed by atoms with Gasteiger partial charge in [-0.05, 0) is 54.5 Å². The molecule has 0 aliphatic rings. The number of nitrogens with one attached hydrogen (secondary N) is 1. The zero-order valence-electron chi connectivity index (χ0n) is 14.2. The van der Waals surface area contributed by atoms with Gasteiger partial charge < -0.3 is 5.32 Å². The Morgan fingerprint density at radius 1 is 1.00 bits per heavy atom. The molecule has 0 radical (unpaired) electrons. The Kier molecular flexibility index (Phi) is 5.02. The molecule has 2 heteroatoms. The van der Waals surface area contributed by atoms with Crippen LogP contribution in [0.1, 0.15) is 47.6 Å². The molecule has 0 aromatic heterocycles. The van der Waals surface area contributed by atoms with Gasteiger partial charge in [0.05, 0.1) is 6.42 Å². The van der Waals surface area contributed by atoms with Gasteiger partial charge in [-0.25, -0.2) is 0 Å². The van der Waals surface area contributed by atoms with Gasteiger partial charge in [0.25, 0.3) is 0 Å². The predicted octanol–water partition coefficient (Wildman–Crippen LogP) is 4.92. The number of carbonyl (C=O) groups excluding carboxylic acids is 1. The number of anilines is 1. The summed E-state index contributed by atoms with van der Waals surface area (Å²) in [6.07, 6.45) is 0.410. The third-order valence-corrected chi connectivity index (χ3v) is 4.13. The lowest BCUT2D eigenvalue weighted by Gasteiger charge is -2.16. The molecule has 0 heterocycles. The topological polar surface area (TPSA) is 29.1 Å². The van der Waals surface area contributed by atoms with Gasteiger partial charge in [0.2, 0.25) is 5.91 Å². The second-order valence-corrected chi connectivity index (χ2v) is 6.34. The second-order valence-electron chi connectivity index (χ2n) is 6.34. The predicted molar refractivity (Wildman–Crippen MR) is 93.5 cm³/mol. The first-order chi connectivity index (χ1) is 10.4. The molecule has 0 saturated carbocycles. The number of rotatable bonds is 4. The Morgan fingerprint density at radius 3 is 2.36 bits per heavy atom. The molecule has 2 aromatic rings. The Morgan fingerprint density at radius 2 is 1.73 bits per heavy atom. The highest BCUT2D eigenvalue weighted by molar-refractivity contribution is 5.94. The molecule has 0 spiro atoms. The Balaban J connectivity index is 2.17. The van der Waals surface area contributed by atoms with E-state index in [1.165, 1.54) is 16.7 Å². The summed E-state index contributed by atoms with van der Waals surface area (Å²) in [5.41, 5.74) is 6.80. The number of benzene rings is 2. The maximum Gasteiger partial charge on any atom is 0.228 e. The van der Waals surface area contributed by atoms with Crippen molar-refractivity contribution in [1.82, 2.24) is 0 Å². The molecule has 0 aliphatic heterocycles. The van der Waals surface area contributed by atoms with Crippen LogP contribution in [0.5, 0.6) is 0 Å². The summed E-state index contributed by atoms with van der Waals surface area (Å²) in [5.74, 6) is 0.427. The number of aryl methyl sites for hydroxylation is 3. The summed E-state index contributed by atoms with van der Waals surface area (Å²) in [6, 6.07) is 12.4. The number of amides is 1. The van der Waals surface area contributed by atoms with Crippen LogP contribution in [0, 0.1) is 20.8 Å². The fourth-order valence-electron chi connectivity index (χ4n) is 2.62. The highest BCUT2D eigenvalue weighted by Gasteiger charge is 2.12. The average Bonchev–Trinajstić information content (AvgIpc) is 2.45. The normalized spacial score (nSPS) is 10.8. The fraction of sp³-hybridized carbons (Fsp3) is 0.350. The van der Waals surface area contributed by atoms with Crippen LogP contribution in [0.4, 0.5) is 5.69 Å². The third kappa shape index (κ3) is 3.76. The molecule has 2 nitrogen and oxygen atoms in total. The third-order valence-electron chi connectivity index (χ3n) is 4.13. The lowest BCUT2D eigenvalue weighted by molar-refractivity contribution is -0.115. The van der Waals surface area contributed by atoms with Gasteiger partial charge >= 0.3 is 0 Å². The van der Waals surface area contributed by atoms with Crippen LogP contribution < -0.4 is 5.32 Å². The minimum Gasteiger partial charge on any atom is -0.325 e. The fourth-order valence-corrected chi connectivity index (χ4v) is 2.62. The highest BCUT2D eigenvalue weighted by Crippen LogP contribution is 2.27. The van der Waals surface area contributed by atoms with Gasteiger partial charge in [-0.1, -0.05) is 50.2 Å². The summed E-state index contributed by atoms with van der Waals surface area (Å²) in [5, 5.41) is 3.10. The van der Waals surface area contributed by atoms with E-state index < -0.39 is 0 Å². The van der Waals surface area contributed by atoms with E-state index in [4.69, 9.17) is 0 Å². The average molecular weight is 295 g/mol. The van der Waals surface area contributed by atoms with E-state index in [9.17, 15) is 4.79 Å². The molecule has 2 rings (SSSR count). The van der Waals surface area contributed by atoms with Crippen LogP contribution in [-0.2, 0) is 11.2 Å². The summed E-state index contributed by atoms with van der Waals surface area (Å²) < 4.78 is 0. The molecule has 1 N–H and O–H groups in total. The number of hydrogen-bond acceptors (Lipinski definition) is 1. The van der Waals surface area contributed by atoms with Gasteiger partial charge in [0, 0.05) is 5.69 Å². The zero-order chi connectivity index (χ0) is 16.3. The minimum absolute atomic E-state index is 0.0412. The summed E-state index contributed by atoms with van der Waals surface area (Å²) in [4.78, 5) is 12.4. The first kappa shape index (κ1) is 16.3. The summed E-state index contributed by atoms with van der Waals surface area (Å²) in [6.45, 7) is 10.5. The van der Waals surface area contributed by atoms with Gasteiger partial charge in [0.1, 0.15) is 0 Å². The van der Waals surface area contributed by atoms with Gasteiger partial charge in [-0.2, -0.15) is 0 Å². The van der Waals surface area contributed by atoms with Crippen molar-refractivity contribution in [2.45, 2.75) is 47.0 Å². The van der Waals surface area contributed by atoms with E-state index in [-0.39, 0.29) is 5.91 Å². The number of hydrogen-bond donors (Lipinski definition) is 1. The molecule has 0 unspecified atom stereocenters. The Labute approximate surface area is 133 Å². The minimum atomic E-state index is 0.0412. The maximum atomic E-state index is 12.4. The first-order valence-electron chi connectivity index (χ1n) is 7.84. The second kappa shape index (κ2) is 6.78. The molecule has 0 atom stereocenters. The molecule has 2 aromatic carbocycles. The lowest BCUT2D eigenvalue weighted by atomic mass is 9.98. The molecular weight excluding hydrogens is 270 g/mol. The van der Waals surface area contributed by atoms with Crippen molar-refractivity contribution in [2.75, 3.05) is 5.32 Å². The van der Waals surface area contributed by atoms with Crippen molar-refractivity contribution in [1.29, 1.82) is 0 Å². The quantitative estimate of drug-likeness (QED) is 0.852. The van der Waals surface area contributed by atoms with Crippen LogP contribution in [0.15, 0.2) is 36.4 Å². The van der Waals surface area contributed by atoms with Crippen molar-refractivity contribution in [2.24, 2.45) is 0 Å². The molecule has 0 fully saturated rings. The van der Waals surface area contributed by atoms with Crippen LogP contribution >= 0.6 is 0 Å². The van der Waals surface area contributed by atoms with Crippen LogP contribution in [-0.4, -0.2) is 5.91 Å². The van der Waals surface area contributed by atoms with Crippen molar-refractivity contribution < 1.29 is 4.79 Å². The van der Waals surface area contributed by atoms with Gasteiger partial charge in [-0.3, -0.25) is 4.79 Å². The van der Waals surface area contributed by atoms with Crippen molar-refractivity contribution >= 4 is 11.6 Å². The smallest absolute Gasteiger partial charge is 0.228 e. The Bertz CT molecular complexity index is 686. The molecule has 1 amide bonds. The maximum absolute atomic E-state index is 12.4. The van der Waals surface area contributed by atoms with Crippen LogP contribution in [0.2, 0.25) is 0 Å². The van der Waals surface area contributed by atoms with Crippen molar-refractivity contribution in [3.05, 3.63) is 64.2 Å². The Hall–Kier alpha value is -2.09. The monoisotopic (exact) mass is 295 g/mol. The van der Waals surface area contributed by atoms with Crippen molar-refractivity contribution in [3.63, 3.8) is 0 Å².